The molecule has 106 valence electrons. The minimum Gasteiger partial charge on any atom is -0.396 e. The number of hydrogen-bond acceptors (Lipinski definition) is 6. The second kappa shape index (κ2) is 5.12. The van der Waals surface area contributed by atoms with Crippen LogP contribution in [0.4, 0.5) is 5.82 Å². The van der Waals surface area contributed by atoms with Crippen LogP contribution >= 0.6 is 15.9 Å². The molecular formula is C12H14BrN5O2. The molecule has 3 rings (SSSR count). The number of rotatable bonds is 3. The zero-order valence-corrected chi connectivity index (χ0v) is 12.1. The maximum absolute atomic E-state index is 9.62. The largest absolute Gasteiger partial charge is 0.396 e. The van der Waals surface area contributed by atoms with Gasteiger partial charge in [-0.1, -0.05) is 22.0 Å². The van der Waals surface area contributed by atoms with Gasteiger partial charge in [-0.3, -0.25) is 0 Å². The van der Waals surface area contributed by atoms with Crippen molar-refractivity contribution in [3.63, 3.8) is 0 Å². The number of fused-ring (bicyclic) bond motifs is 1. The lowest BCUT2D eigenvalue weighted by Gasteiger charge is -2.23. The fourth-order valence-corrected chi connectivity index (χ4v) is 3.44. The number of allylic oxidation sites excluding steroid dienone is 1. The molecule has 2 aromatic rings. The summed E-state index contributed by atoms with van der Waals surface area (Å²) in [6, 6.07) is -0.133. The third kappa shape index (κ3) is 1.91. The average molecular weight is 340 g/mol. The first-order valence-electron chi connectivity index (χ1n) is 6.19. The highest BCUT2D eigenvalue weighted by atomic mass is 79.9. The summed E-state index contributed by atoms with van der Waals surface area (Å²) in [7, 11) is 0. The topological polar surface area (TPSA) is 110 Å². The van der Waals surface area contributed by atoms with Gasteiger partial charge in [0, 0.05) is 18.4 Å². The van der Waals surface area contributed by atoms with Gasteiger partial charge in [-0.15, -0.1) is 0 Å². The van der Waals surface area contributed by atoms with E-state index in [1.54, 1.807) is 6.33 Å². The van der Waals surface area contributed by atoms with E-state index in [1.807, 2.05) is 10.6 Å². The molecule has 0 radical (unpaired) electrons. The van der Waals surface area contributed by atoms with E-state index in [2.05, 4.69) is 30.9 Å². The summed E-state index contributed by atoms with van der Waals surface area (Å²) in [4.78, 5) is 12.4. The predicted octanol–water partition coefficient (Wildman–Crippen LogP) is 0.459. The number of aliphatic hydroxyl groups is 2. The minimum absolute atomic E-state index is 0.0252. The molecule has 0 saturated heterocycles. The van der Waals surface area contributed by atoms with Crippen molar-refractivity contribution in [2.75, 3.05) is 18.9 Å². The molecule has 1 aliphatic carbocycles. The molecular weight excluding hydrogens is 326 g/mol. The van der Waals surface area contributed by atoms with Crippen LogP contribution in [0.25, 0.3) is 11.2 Å². The van der Waals surface area contributed by atoms with E-state index in [-0.39, 0.29) is 31.1 Å². The Morgan fingerprint density at radius 2 is 2.05 bits per heavy atom. The highest BCUT2D eigenvalue weighted by Gasteiger charge is 2.37. The average Bonchev–Trinajstić information content (AvgIpc) is 2.99. The van der Waals surface area contributed by atoms with Crippen molar-refractivity contribution in [3.8, 4) is 0 Å². The molecule has 4 N–H and O–H groups in total. The molecule has 3 atom stereocenters. The van der Waals surface area contributed by atoms with Crippen LogP contribution in [-0.2, 0) is 0 Å². The monoisotopic (exact) mass is 339 g/mol. The Balaban J connectivity index is 2.09. The van der Waals surface area contributed by atoms with Crippen LogP contribution in [0.2, 0.25) is 0 Å². The maximum atomic E-state index is 9.62. The smallest absolute Gasteiger partial charge is 0.165 e. The molecule has 7 nitrogen and oxygen atoms in total. The molecule has 2 aromatic heterocycles. The van der Waals surface area contributed by atoms with Gasteiger partial charge in [0.1, 0.15) is 11.8 Å². The number of imidazole rings is 1. The molecule has 20 heavy (non-hydrogen) atoms. The van der Waals surface area contributed by atoms with Crippen molar-refractivity contribution < 1.29 is 10.2 Å². The SMILES string of the molecule is Nc1ncnc2c1ncn2[C@H]1C=C(Br)[C@H](CO)[C@H]1CO. The lowest BCUT2D eigenvalue weighted by atomic mass is 9.94. The fraction of sp³-hybridized carbons (Fsp3) is 0.417. The first-order valence-corrected chi connectivity index (χ1v) is 6.98. The van der Waals surface area contributed by atoms with Gasteiger partial charge in [0.2, 0.25) is 0 Å². The zero-order valence-electron chi connectivity index (χ0n) is 10.5. The Kier molecular flexibility index (Phi) is 3.45. The maximum Gasteiger partial charge on any atom is 0.165 e. The number of nitrogens with two attached hydrogens (primary N) is 1. The quantitative estimate of drug-likeness (QED) is 0.749. The van der Waals surface area contributed by atoms with Crippen molar-refractivity contribution in [2.24, 2.45) is 11.8 Å². The summed E-state index contributed by atoms with van der Waals surface area (Å²) >= 11 is 3.45. The second-order valence-electron chi connectivity index (χ2n) is 4.76. The molecule has 1 aliphatic rings. The standard InChI is InChI=1S/C12H14BrN5O2/c13-8-1-9(7(3-20)6(8)2-19)18-5-17-10-11(14)15-4-16-12(10)18/h1,4-7,9,19-20H,2-3H2,(H2,14,15,16)/t6-,7-,9+/m1/s1. The van der Waals surface area contributed by atoms with E-state index in [0.717, 1.165) is 4.48 Å². The number of nitrogens with zero attached hydrogens (tertiary/aromatic N) is 4. The molecule has 0 unspecified atom stereocenters. The van der Waals surface area contributed by atoms with E-state index in [4.69, 9.17) is 5.73 Å². The zero-order chi connectivity index (χ0) is 14.3. The van der Waals surface area contributed by atoms with Gasteiger partial charge >= 0.3 is 0 Å². The highest BCUT2D eigenvalue weighted by molar-refractivity contribution is 9.11. The second-order valence-corrected chi connectivity index (χ2v) is 5.68. The van der Waals surface area contributed by atoms with Crippen molar-refractivity contribution in [2.45, 2.75) is 6.04 Å². The molecule has 0 aromatic carbocycles. The van der Waals surface area contributed by atoms with Gasteiger partial charge in [-0.2, -0.15) is 0 Å². The lowest BCUT2D eigenvalue weighted by Crippen LogP contribution is -2.25. The Hall–Kier alpha value is -1.51. The number of hydrogen-bond donors (Lipinski definition) is 3. The highest BCUT2D eigenvalue weighted by Crippen LogP contribution is 2.42. The number of nitrogen functional groups attached to an aromatic ring is 1. The minimum atomic E-state index is -0.136. The third-order valence-electron chi connectivity index (χ3n) is 3.76. The van der Waals surface area contributed by atoms with Crippen LogP contribution in [0.5, 0.6) is 0 Å². The van der Waals surface area contributed by atoms with Gasteiger partial charge in [-0.25, -0.2) is 15.0 Å². The van der Waals surface area contributed by atoms with Crippen molar-refractivity contribution >= 4 is 32.9 Å². The van der Waals surface area contributed by atoms with Gasteiger partial charge in [0.05, 0.1) is 19.0 Å². The van der Waals surface area contributed by atoms with Crippen LogP contribution in [0.15, 0.2) is 23.2 Å². The van der Waals surface area contributed by atoms with Crippen LogP contribution in [-0.4, -0.2) is 42.9 Å². The van der Waals surface area contributed by atoms with E-state index in [1.165, 1.54) is 6.33 Å². The molecule has 0 fully saturated rings. The first kappa shape index (κ1) is 13.5. The van der Waals surface area contributed by atoms with Crippen LogP contribution in [0.1, 0.15) is 6.04 Å². The molecule has 8 heteroatoms. The Morgan fingerprint density at radius 3 is 2.75 bits per heavy atom. The van der Waals surface area contributed by atoms with Gasteiger partial charge in [0.15, 0.2) is 11.5 Å². The van der Waals surface area contributed by atoms with Crippen LogP contribution < -0.4 is 5.73 Å². The van der Waals surface area contributed by atoms with Crippen molar-refractivity contribution in [1.82, 2.24) is 19.5 Å². The summed E-state index contributed by atoms with van der Waals surface area (Å²) in [5.74, 6) is 0.0682. The van der Waals surface area contributed by atoms with Gasteiger partial charge in [-0.05, 0) is 4.48 Å². The fourth-order valence-electron chi connectivity index (χ4n) is 2.69. The molecule has 0 saturated carbocycles. The molecule has 0 bridgehead atoms. The van der Waals surface area contributed by atoms with E-state index in [0.29, 0.717) is 17.0 Å². The third-order valence-corrected chi connectivity index (χ3v) is 4.61. The molecule has 0 aliphatic heterocycles. The van der Waals surface area contributed by atoms with E-state index in [9.17, 15) is 10.2 Å². The Morgan fingerprint density at radius 1 is 1.25 bits per heavy atom. The van der Waals surface area contributed by atoms with Gasteiger partial charge in [0.25, 0.3) is 0 Å². The lowest BCUT2D eigenvalue weighted by molar-refractivity contribution is 0.131. The molecule has 0 amide bonds. The number of halogens is 1. The summed E-state index contributed by atoms with van der Waals surface area (Å²) in [6.07, 6.45) is 4.99. The molecule has 0 spiro atoms. The van der Waals surface area contributed by atoms with Crippen molar-refractivity contribution in [1.29, 1.82) is 0 Å². The number of anilines is 1. The molecule has 2 heterocycles. The summed E-state index contributed by atoms with van der Waals surface area (Å²) in [6.45, 7) is -0.0652. The van der Waals surface area contributed by atoms with E-state index < -0.39 is 0 Å². The summed E-state index contributed by atoms with van der Waals surface area (Å²) in [5, 5.41) is 19.1. The van der Waals surface area contributed by atoms with Gasteiger partial charge < -0.3 is 20.5 Å². The summed E-state index contributed by atoms with van der Waals surface area (Å²) < 4.78 is 2.73. The Bertz CT molecular complexity index is 671. The van der Waals surface area contributed by atoms with Crippen LogP contribution in [0, 0.1) is 11.8 Å². The Labute approximate surface area is 123 Å². The van der Waals surface area contributed by atoms with E-state index >= 15 is 0 Å². The first-order chi connectivity index (χ1) is 9.67. The number of aliphatic hydroxyl groups excluding tert-OH is 2. The predicted molar refractivity (Wildman–Crippen MR) is 76.9 cm³/mol. The summed E-state index contributed by atoms with van der Waals surface area (Å²) in [5.41, 5.74) is 6.94. The van der Waals surface area contributed by atoms with Crippen LogP contribution in [0.3, 0.4) is 0 Å². The number of aromatic nitrogens is 4. The van der Waals surface area contributed by atoms with Crippen molar-refractivity contribution in [3.05, 3.63) is 23.2 Å². The normalized spacial score (nSPS) is 26.1.